The Morgan fingerprint density at radius 2 is 1.97 bits per heavy atom. The van der Waals surface area contributed by atoms with Crippen molar-refractivity contribution in [2.24, 2.45) is 0 Å². The van der Waals surface area contributed by atoms with Gasteiger partial charge in [0.05, 0.1) is 30.9 Å². The smallest absolute Gasteiger partial charge is 0.250 e. The molecule has 2 aromatic carbocycles. The van der Waals surface area contributed by atoms with E-state index in [9.17, 15) is 4.79 Å². The van der Waals surface area contributed by atoms with E-state index in [4.69, 9.17) is 4.74 Å². The zero-order valence-corrected chi connectivity index (χ0v) is 18.6. The molecule has 2 heterocycles. The van der Waals surface area contributed by atoms with Crippen LogP contribution in [-0.4, -0.2) is 34.0 Å². The number of likely N-dealkylation sites (tertiary alicyclic amines) is 1. The van der Waals surface area contributed by atoms with Gasteiger partial charge in [-0.3, -0.25) is 4.79 Å². The number of benzene rings is 2. The van der Waals surface area contributed by atoms with Crippen molar-refractivity contribution >= 4 is 12.0 Å². The first kappa shape index (κ1) is 20.9. The first-order chi connectivity index (χ1) is 15.0. The molecule has 0 bridgehead atoms. The van der Waals surface area contributed by atoms with E-state index in [1.54, 1.807) is 13.4 Å². The van der Waals surface area contributed by atoms with Gasteiger partial charge in [0.1, 0.15) is 5.75 Å². The first-order valence-corrected chi connectivity index (χ1v) is 10.7. The fourth-order valence-corrected chi connectivity index (χ4v) is 4.31. The van der Waals surface area contributed by atoms with Gasteiger partial charge >= 0.3 is 0 Å². The van der Waals surface area contributed by atoms with Gasteiger partial charge in [-0.1, -0.05) is 30.3 Å². The quantitative estimate of drug-likeness (QED) is 0.534. The van der Waals surface area contributed by atoms with Crippen LogP contribution < -0.4 is 4.74 Å². The average molecular weight is 416 g/mol. The molecule has 1 aliphatic rings. The van der Waals surface area contributed by atoms with Crippen molar-refractivity contribution in [1.29, 1.82) is 0 Å². The molecule has 5 nitrogen and oxygen atoms in total. The van der Waals surface area contributed by atoms with Crippen LogP contribution in [0.1, 0.15) is 48.2 Å². The number of methoxy groups -OCH3 is 1. The van der Waals surface area contributed by atoms with E-state index in [0.29, 0.717) is 0 Å². The number of hydrogen-bond acceptors (Lipinski definition) is 3. The molecule has 1 aliphatic heterocycles. The van der Waals surface area contributed by atoms with E-state index < -0.39 is 0 Å². The summed E-state index contributed by atoms with van der Waals surface area (Å²) < 4.78 is 7.57. The Morgan fingerprint density at radius 1 is 1.16 bits per heavy atom. The number of nitrogens with zero attached hydrogens (tertiary/aromatic N) is 3. The van der Waals surface area contributed by atoms with Crippen molar-refractivity contribution in [2.45, 2.75) is 39.7 Å². The molecule has 0 aliphatic carbocycles. The summed E-state index contributed by atoms with van der Waals surface area (Å²) in [4.78, 5) is 19.6. The monoisotopic (exact) mass is 415 g/mol. The molecular weight excluding hydrogens is 386 g/mol. The van der Waals surface area contributed by atoms with Crippen LogP contribution in [0.2, 0.25) is 0 Å². The lowest BCUT2D eigenvalue weighted by Crippen LogP contribution is -2.39. The minimum absolute atomic E-state index is 0.0544. The largest absolute Gasteiger partial charge is 0.495 e. The van der Waals surface area contributed by atoms with Crippen molar-refractivity contribution < 1.29 is 9.53 Å². The standard InChI is InChI=1S/C26H29N3O2/c1-18-8-5-6-10-23(18)20(3)29-13-7-9-22(26(29)30)14-21-11-12-24(25(15-21)31-4)28-16-19(2)27-17-28/h5-6,8,10-12,14-17,20H,7,9,13H2,1-4H3/t20-/m1/s1. The summed E-state index contributed by atoms with van der Waals surface area (Å²) in [5.41, 5.74) is 6.11. The van der Waals surface area contributed by atoms with Crippen LogP contribution in [0.3, 0.4) is 0 Å². The molecule has 0 radical (unpaired) electrons. The third kappa shape index (κ3) is 4.26. The van der Waals surface area contributed by atoms with Crippen molar-refractivity contribution in [2.75, 3.05) is 13.7 Å². The fourth-order valence-electron chi connectivity index (χ4n) is 4.31. The molecule has 1 atom stereocenters. The molecule has 1 amide bonds. The number of hydrogen-bond donors (Lipinski definition) is 0. The molecule has 0 N–H and O–H groups in total. The van der Waals surface area contributed by atoms with Gasteiger partial charge in [0, 0.05) is 18.3 Å². The highest BCUT2D eigenvalue weighted by Crippen LogP contribution is 2.31. The van der Waals surface area contributed by atoms with E-state index in [1.165, 1.54) is 11.1 Å². The van der Waals surface area contributed by atoms with E-state index in [1.807, 2.05) is 59.0 Å². The summed E-state index contributed by atoms with van der Waals surface area (Å²) in [5.74, 6) is 0.871. The highest BCUT2D eigenvalue weighted by molar-refractivity contribution is 5.98. The normalized spacial score (nSPS) is 16.6. The van der Waals surface area contributed by atoms with Crippen LogP contribution in [-0.2, 0) is 4.79 Å². The van der Waals surface area contributed by atoms with E-state index in [-0.39, 0.29) is 11.9 Å². The fraction of sp³-hybridized carbons (Fsp3) is 0.308. The lowest BCUT2D eigenvalue weighted by molar-refractivity contribution is -0.130. The maximum atomic E-state index is 13.3. The number of ether oxygens (including phenoxy) is 1. The van der Waals surface area contributed by atoms with Crippen LogP contribution >= 0.6 is 0 Å². The molecule has 0 spiro atoms. The number of rotatable bonds is 5. The second-order valence-corrected chi connectivity index (χ2v) is 8.16. The van der Waals surface area contributed by atoms with Gasteiger partial charge in [0.25, 0.3) is 0 Å². The molecule has 160 valence electrons. The van der Waals surface area contributed by atoms with E-state index in [2.05, 4.69) is 31.0 Å². The average Bonchev–Trinajstić information content (AvgIpc) is 3.21. The van der Waals surface area contributed by atoms with Gasteiger partial charge in [-0.05, 0) is 68.5 Å². The number of aromatic nitrogens is 2. The molecule has 0 saturated carbocycles. The SMILES string of the molecule is COc1cc(C=C2CCCN([C@H](C)c3ccccc3C)C2=O)ccc1-n1cnc(C)c1. The summed E-state index contributed by atoms with van der Waals surface area (Å²) in [6.45, 7) is 6.97. The zero-order chi connectivity index (χ0) is 22.0. The molecule has 5 heteroatoms. The van der Waals surface area contributed by atoms with Gasteiger partial charge in [0.15, 0.2) is 0 Å². The van der Waals surface area contributed by atoms with Gasteiger partial charge in [-0.2, -0.15) is 0 Å². The maximum Gasteiger partial charge on any atom is 0.250 e. The van der Waals surface area contributed by atoms with Crippen molar-refractivity contribution in [1.82, 2.24) is 14.5 Å². The number of amides is 1. The summed E-state index contributed by atoms with van der Waals surface area (Å²) in [6, 6.07) is 14.4. The molecule has 4 rings (SSSR count). The Kier molecular flexibility index (Phi) is 5.94. The van der Waals surface area contributed by atoms with Crippen molar-refractivity contribution in [3.8, 4) is 11.4 Å². The lowest BCUT2D eigenvalue weighted by atomic mass is 9.95. The van der Waals surface area contributed by atoms with E-state index >= 15 is 0 Å². The highest BCUT2D eigenvalue weighted by atomic mass is 16.5. The lowest BCUT2D eigenvalue weighted by Gasteiger charge is -2.34. The second kappa shape index (κ2) is 8.80. The van der Waals surface area contributed by atoms with Gasteiger partial charge in [0.2, 0.25) is 5.91 Å². The van der Waals surface area contributed by atoms with Gasteiger partial charge in [-0.15, -0.1) is 0 Å². The predicted octanol–water partition coefficient (Wildman–Crippen LogP) is 5.26. The van der Waals surface area contributed by atoms with Crippen molar-refractivity contribution in [3.05, 3.63) is 82.9 Å². The number of carbonyl (C=O) groups excluding carboxylic acids is 1. The van der Waals surface area contributed by atoms with Gasteiger partial charge < -0.3 is 14.2 Å². The molecule has 31 heavy (non-hydrogen) atoms. The number of piperidine rings is 1. The molecule has 1 saturated heterocycles. The molecule has 3 aromatic rings. The summed E-state index contributed by atoms with van der Waals surface area (Å²) in [5, 5.41) is 0. The van der Waals surface area contributed by atoms with Crippen LogP contribution in [0.5, 0.6) is 5.75 Å². The van der Waals surface area contributed by atoms with E-state index in [0.717, 1.165) is 47.7 Å². The Bertz CT molecular complexity index is 1130. The molecular formula is C26H29N3O2. The minimum Gasteiger partial charge on any atom is -0.495 e. The summed E-state index contributed by atoms with van der Waals surface area (Å²) >= 11 is 0. The summed E-state index contributed by atoms with van der Waals surface area (Å²) in [7, 11) is 1.66. The molecule has 1 aromatic heterocycles. The zero-order valence-electron chi connectivity index (χ0n) is 18.6. The van der Waals surface area contributed by atoms with Crippen molar-refractivity contribution in [3.63, 3.8) is 0 Å². The summed E-state index contributed by atoms with van der Waals surface area (Å²) in [6.07, 6.45) is 7.51. The predicted molar refractivity (Wildman–Crippen MR) is 123 cm³/mol. The second-order valence-electron chi connectivity index (χ2n) is 8.16. The van der Waals surface area contributed by atoms with Gasteiger partial charge in [-0.25, -0.2) is 4.98 Å². The topological polar surface area (TPSA) is 47.4 Å². The van der Waals surface area contributed by atoms with Crippen LogP contribution in [0.4, 0.5) is 0 Å². The third-order valence-corrected chi connectivity index (χ3v) is 6.02. The Morgan fingerprint density at radius 3 is 2.68 bits per heavy atom. The Balaban J connectivity index is 1.61. The molecule has 1 fully saturated rings. The molecule has 0 unspecified atom stereocenters. The number of aryl methyl sites for hydroxylation is 2. The number of carbonyl (C=O) groups is 1. The van der Waals surface area contributed by atoms with Crippen LogP contribution in [0, 0.1) is 13.8 Å². The minimum atomic E-state index is 0.0544. The number of imidazole rings is 1. The third-order valence-electron chi connectivity index (χ3n) is 6.02. The Hall–Kier alpha value is -3.34. The maximum absolute atomic E-state index is 13.3. The Labute approximate surface area is 184 Å². The highest BCUT2D eigenvalue weighted by Gasteiger charge is 2.28. The van der Waals surface area contributed by atoms with Crippen LogP contribution in [0.15, 0.2) is 60.6 Å². The first-order valence-electron chi connectivity index (χ1n) is 10.7. The van der Waals surface area contributed by atoms with Crippen LogP contribution in [0.25, 0.3) is 11.8 Å².